The number of amides is 1. The van der Waals surface area contributed by atoms with Crippen LogP contribution in [-0.2, 0) is 9.53 Å². The van der Waals surface area contributed by atoms with Crippen molar-refractivity contribution in [1.82, 2.24) is 5.32 Å². The van der Waals surface area contributed by atoms with Crippen LogP contribution in [0.2, 0.25) is 0 Å². The Morgan fingerprint density at radius 1 is 1.39 bits per heavy atom. The minimum absolute atomic E-state index is 0.0897. The summed E-state index contributed by atoms with van der Waals surface area (Å²) >= 11 is 5.03. The number of rotatable bonds is 9. The summed E-state index contributed by atoms with van der Waals surface area (Å²) in [5.41, 5.74) is 4.99. The predicted molar refractivity (Wildman–Crippen MR) is 78.5 cm³/mol. The minimum Gasteiger partial charge on any atom is -0.392 e. The van der Waals surface area contributed by atoms with E-state index in [1.165, 1.54) is 0 Å². The van der Waals surface area contributed by atoms with E-state index in [9.17, 15) is 4.79 Å². The van der Waals surface area contributed by atoms with Crippen molar-refractivity contribution in [2.45, 2.75) is 40.5 Å². The Kier molecular flexibility index (Phi) is 8.11. The highest BCUT2D eigenvalue weighted by Gasteiger charge is 2.37. The van der Waals surface area contributed by atoms with Crippen molar-refractivity contribution in [3.05, 3.63) is 0 Å². The van der Waals surface area contributed by atoms with Crippen molar-refractivity contribution in [2.24, 2.45) is 17.1 Å². The average Bonchev–Trinajstić information content (AvgIpc) is 2.30. The molecule has 0 saturated carbocycles. The molecule has 0 aliphatic heterocycles. The number of nitrogens with two attached hydrogens (primary N) is 1. The molecule has 0 saturated heterocycles. The minimum atomic E-state index is -0.715. The maximum atomic E-state index is 12.1. The standard InChI is InChI=1S/C13H26N2O2S/c1-5-13(6-2,11(14)18)12(16)15-7-8-17-9-10(3)4/h10H,5-9H2,1-4H3,(H2,14,18)(H,15,16). The summed E-state index contributed by atoms with van der Waals surface area (Å²) in [4.78, 5) is 12.4. The van der Waals surface area contributed by atoms with Gasteiger partial charge in [0.25, 0.3) is 0 Å². The van der Waals surface area contributed by atoms with Crippen LogP contribution in [-0.4, -0.2) is 30.7 Å². The van der Waals surface area contributed by atoms with Gasteiger partial charge in [0.1, 0.15) is 0 Å². The van der Waals surface area contributed by atoms with Crippen molar-refractivity contribution in [2.75, 3.05) is 19.8 Å². The zero-order valence-electron chi connectivity index (χ0n) is 11.9. The molecule has 18 heavy (non-hydrogen) atoms. The van der Waals surface area contributed by atoms with E-state index in [2.05, 4.69) is 19.2 Å². The number of hydrogen-bond acceptors (Lipinski definition) is 3. The molecule has 0 fully saturated rings. The zero-order valence-corrected chi connectivity index (χ0v) is 12.7. The second-order valence-corrected chi connectivity index (χ2v) is 5.32. The van der Waals surface area contributed by atoms with Crippen LogP contribution < -0.4 is 11.1 Å². The fourth-order valence-corrected chi connectivity index (χ4v) is 2.14. The number of thiocarbonyl (C=S) groups is 1. The lowest BCUT2D eigenvalue weighted by molar-refractivity contribution is -0.128. The van der Waals surface area contributed by atoms with Gasteiger partial charge in [-0.1, -0.05) is 39.9 Å². The molecule has 0 rings (SSSR count). The third kappa shape index (κ3) is 4.90. The van der Waals surface area contributed by atoms with Crippen LogP contribution in [0.5, 0.6) is 0 Å². The Morgan fingerprint density at radius 2 is 1.94 bits per heavy atom. The van der Waals surface area contributed by atoms with Gasteiger partial charge in [0, 0.05) is 13.2 Å². The maximum Gasteiger partial charge on any atom is 0.233 e. The third-order valence-electron chi connectivity index (χ3n) is 3.10. The molecule has 5 heteroatoms. The van der Waals surface area contributed by atoms with E-state index >= 15 is 0 Å². The van der Waals surface area contributed by atoms with Gasteiger partial charge >= 0.3 is 0 Å². The van der Waals surface area contributed by atoms with E-state index < -0.39 is 5.41 Å². The van der Waals surface area contributed by atoms with Crippen molar-refractivity contribution in [3.8, 4) is 0 Å². The van der Waals surface area contributed by atoms with E-state index in [1.54, 1.807) is 0 Å². The number of hydrogen-bond donors (Lipinski definition) is 2. The van der Waals surface area contributed by atoms with Crippen molar-refractivity contribution in [3.63, 3.8) is 0 Å². The third-order valence-corrected chi connectivity index (χ3v) is 3.49. The van der Waals surface area contributed by atoms with Crippen LogP contribution in [0.1, 0.15) is 40.5 Å². The molecule has 0 aliphatic rings. The van der Waals surface area contributed by atoms with Gasteiger partial charge in [0.05, 0.1) is 17.0 Å². The number of carbonyl (C=O) groups is 1. The lowest BCUT2D eigenvalue weighted by Gasteiger charge is -2.28. The van der Waals surface area contributed by atoms with Crippen LogP contribution in [0.15, 0.2) is 0 Å². The molecular weight excluding hydrogens is 248 g/mol. The van der Waals surface area contributed by atoms with Gasteiger partial charge in [-0.2, -0.15) is 0 Å². The Morgan fingerprint density at radius 3 is 2.33 bits per heavy atom. The van der Waals surface area contributed by atoms with Gasteiger partial charge in [0.15, 0.2) is 0 Å². The molecular formula is C13H26N2O2S. The van der Waals surface area contributed by atoms with Gasteiger partial charge in [-0.25, -0.2) is 0 Å². The molecule has 0 aromatic rings. The fraction of sp³-hybridized carbons (Fsp3) is 0.846. The summed E-state index contributed by atoms with van der Waals surface area (Å²) in [6.45, 7) is 9.75. The van der Waals surface area contributed by atoms with Gasteiger partial charge < -0.3 is 15.8 Å². The van der Waals surface area contributed by atoms with Crippen LogP contribution in [0.4, 0.5) is 0 Å². The van der Waals surface area contributed by atoms with Gasteiger partial charge in [0.2, 0.25) is 5.91 Å². The summed E-state index contributed by atoms with van der Waals surface area (Å²) < 4.78 is 5.41. The van der Waals surface area contributed by atoms with Gasteiger partial charge in [-0.15, -0.1) is 0 Å². The molecule has 0 aromatic carbocycles. The number of carbonyl (C=O) groups excluding carboxylic acids is 1. The first kappa shape index (κ1) is 17.3. The van der Waals surface area contributed by atoms with Gasteiger partial charge in [-0.3, -0.25) is 4.79 Å². The van der Waals surface area contributed by atoms with Gasteiger partial charge in [-0.05, 0) is 18.8 Å². The van der Waals surface area contributed by atoms with E-state index in [-0.39, 0.29) is 10.9 Å². The summed E-state index contributed by atoms with van der Waals surface area (Å²) in [6, 6.07) is 0. The molecule has 0 atom stereocenters. The smallest absolute Gasteiger partial charge is 0.233 e. The Labute approximate surface area is 116 Å². The molecule has 4 nitrogen and oxygen atoms in total. The van der Waals surface area contributed by atoms with E-state index in [1.807, 2.05) is 13.8 Å². The Hall–Kier alpha value is -0.680. The predicted octanol–water partition coefficient (Wildman–Crippen LogP) is 1.87. The van der Waals surface area contributed by atoms with Crippen molar-refractivity contribution >= 4 is 23.1 Å². The summed E-state index contributed by atoms with van der Waals surface area (Å²) in [5, 5.41) is 2.85. The van der Waals surface area contributed by atoms with E-state index in [4.69, 9.17) is 22.7 Å². The van der Waals surface area contributed by atoms with E-state index in [0.717, 1.165) is 0 Å². The maximum absolute atomic E-state index is 12.1. The number of nitrogens with one attached hydrogen (secondary N) is 1. The molecule has 0 bridgehead atoms. The molecule has 0 heterocycles. The van der Waals surface area contributed by atoms with Crippen LogP contribution >= 0.6 is 12.2 Å². The lowest BCUT2D eigenvalue weighted by Crippen LogP contribution is -2.49. The van der Waals surface area contributed by atoms with Crippen molar-refractivity contribution in [1.29, 1.82) is 0 Å². The monoisotopic (exact) mass is 274 g/mol. The van der Waals surface area contributed by atoms with Crippen LogP contribution in [0, 0.1) is 11.3 Å². The molecule has 0 unspecified atom stereocenters. The fourth-order valence-electron chi connectivity index (χ4n) is 1.76. The molecule has 0 aliphatic carbocycles. The normalized spacial score (nSPS) is 11.6. The highest BCUT2D eigenvalue weighted by Crippen LogP contribution is 2.26. The molecule has 1 amide bonds. The van der Waals surface area contributed by atoms with Crippen LogP contribution in [0.25, 0.3) is 0 Å². The first-order valence-electron chi connectivity index (χ1n) is 6.56. The molecule has 0 radical (unpaired) electrons. The second kappa shape index (κ2) is 8.43. The average molecular weight is 274 g/mol. The quantitative estimate of drug-likeness (QED) is 0.497. The summed E-state index contributed by atoms with van der Waals surface area (Å²) in [6.07, 6.45) is 1.25. The lowest BCUT2D eigenvalue weighted by atomic mass is 9.81. The first-order valence-corrected chi connectivity index (χ1v) is 6.97. The van der Waals surface area contributed by atoms with Crippen molar-refractivity contribution < 1.29 is 9.53 Å². The van der Waals surface area contributed by atoms with Crippen LogP contribution in [0.3, 0.4) is 0 Å². The molecule has 0 aromatic heterocycles. The Balaban J connectivity index is 4.17. The molecule has 0 spiro atoms. The second-order valence-electron chi connectivity index (χ2n) is 4.88. The highest BCUT2D eigenvalue weighted by molar-refractivity contribution is 7.80. The largest absolute Gasteiger partial charge is 0.392 e. The van der Waals surface area contributed by atoms with E-state index in [0.29, 0.717) is 38.5 Å². The Bertz CT molecular complexity index is 276. The summed E-state index contributed by atoms with van der Waals surface area (Å²) in [5.74, 6) is 0.413. The number of ether oxygens (including phenoxy) is 1. The molecule has 106 valence electrons. The SMILES string of the molecule is CCC(CC)(C(=O)NCCOCC(C)C)C(N)=S. The zero-order chi connectivity index (χ0) is 14.2. The summed E-state index contributed by atoms with van der Waals surface area (Å²) in [7, 11) is 0. The topological polar surface area (TPSA) is 64.3 Å². The molecule has 3 N–H and O–H groups in total. The first-order chi connectivity index (χ1) is 8.40. The highest BCUT2D eigenvalue weighted by atomic mass is 32.1.